The molecule has 0 saturated carbocycles. The molecular weight excluding hydrogens is 691 g/mol. The molecule has 0 N–H and O–H groups in total. The minimum Gasteiger partial charge on any atom is -0.310 e. The molecule has 0 aliphatic heterocycles. The Balaban J connectivity index is 1.04. The van der Waals surface area contributed by atoms with Crippen molar-refractivity contribution in [3.63, 3.8) is 0 Å². The fraction of sp³-hybridized carbons (Fsp3) is 0.130. The van der Waals surface area contributed by atoms with Gasteiger partial charge in [-0.1, -0.05) is 107 Å². The van der Waals surface area contributed by atoms with Crippen molar-refractivity contribution in [1.29, 1.82) is 0 Å². The molecule has 3 nitrogen and oxygen atoms in total. The van der Waals surface area contributed by atoms with Crippen LogP contribution in [0.5, 0.6) is 0 Å². The molecule has 0 radical (unpaired) electrons. The number of benzene rings is 7. The van der Waals surface area contributed by atoms with Gasteiger partial charge in [0, 0.05) is 57.1 Å². The Morgan fingerprint density at radius 3 is 1.07 bits per heavy atom. The lowest BCUT2D eigenvalue weighted by Gasteiger charge is -2.28. The van der Waals surface area contributed by atoms with E-state index in [1.165, 1.54) is 61.3 Å². The summed E-state index contributed by atoms with van der Waals surface area (Å²) < 4.78 is 2.07. The molecule has 57 heavy (non-hydrogen) atoms. The number of hydrogen-bond donors (Lipinski definition) is 0. The van der Waals surface area contributed by atoms with Crippen LogP contribution in [0.4, 0.5) is 34.1 Å². The lowest BCUT2D eigenvalue weighted by molar-refractivity contribution is -0.671. The minimum absolute atomic E-state index is 0.171. The predicted octanol–water partition coefficient (Wildman–Crippen LogP) is 13.7. The Kier molecular flexibility index (Phi) is 8.05. The molecule has 1 aromatic heterocycles. The molecule has 0 unspecified atom stereocenters. The standard InChI is InChI=1S/C54H46N3/c1-53(2)49-33-43(56(39-15-9-6-10-16-39)40-17-11-7-12-18-40)25-27-45(49)47-35-52-48(36-51(47)53)46-28-26-44(34-50(46)54(52,3)4)57(41-19-13-8-14-20-41)42-23-21-37(22-24-42)38-29-31-55(5)32-30-38/h6-36H,1-5H3/q+1. The van der Waals surface area contributed by atoms with Gasteiger partial charge in [0.15, 0.2) is 12.4 Å². The molecule has 0 fully saturated rings. The number of hydrogen-bond acceptors (Lipinski definition) is 2. The zero-order valence-electron chi connectivity index (χ0n) is 33.2. The Bertz CT molecular complexity index is 2730. The first-order chi connectivity index (χ1) is 27.7. The summed E-state index contributed by atoms with van der Waals surface area (Å²) in [6, 6.07) is 64.7. The van der Waals surface area contributed by atoms with E-state index in [0.717, 1.165) is 28.4 Å². The highest BCUT2D eigenvalue weighted by atomic mass is 15.1. The second kappa shape index (κ2) is 13.2. The van der Waals surface area contributed by atoms with Gasteiger partial charge in [-0.2, -0.15) is 0 Å². The summed E-state index contributed by atoms with van der Waals surface area (Å²) in [5, 5.41) is 0. The molecule has 0 spiro atoms. The van der Waals surface area contributed by atoms with E-state index in [2.05, 4.69) is 237 Å². The van der Waals surface area contributed by atoms with E-state index in [9.17, 15) is 0 Å². The molecule has 0 atom stereocenters. The highest BCUT2D eigenvalue weighted by Gasteiger charge is 2.42. The van der Waals surface area contributed by atoms with Crippen molar-refractivity contribution in [2.45, 2.75) is 38.5 Å². The summed E-state index contributed by atoms with van der Waals surface area (Å²) in [7, 11) is 2.05. The summed E-state index contributed by atoms with van der Waals surface area (Å²) >= 11 is 0. The highest BCUT2D eigenvalue weighted by molar-refractivity contribution is 5.92. The van der Waals surface area contributed by atoms with E-state index >= 15 is 0 Å². The van der Waals surface area contributed by atoms with Crippen molar-refractivity contribution in [2.75, 3.05) is 9.80 Å². The van der Waals surface area contributed by atoms with E-state index in [0.29, 0.717) is 0 Å². The smallest absolute Gasteiger partial charge is 0.169 e. The van der Waals surface area contributed by atoms with E-state index < -0.39 is 0 Å². The van der Waals surface area contributed by atoms with E-state index in [1.54, 1.807) is 0 Å². The van der Waals surface area contributed by atoms with Crippen LogP contribution in [-0.2, 0) is 17.9 Å². The molecule has 7 aromatic carbocycles. The van der Waals surface area contributed by atoms with Crippen LogP contribution in [0.2, 0.25) is 0 Å². The molecule has 3 heteroatoms. The Hall–Kier alpha value is -6.71. The second-order valence-corrected chi connectivity index (χ2v) is 16.6. The van der Waals surface area contributed by atoms with Gasteiger partial charge in [-0.15, -0.1) is 0 Å². The van der Waals surface area contributed by atoms with Crippen molar-refractivity contribution in [1.82, 2.24) is 0 Å². The van der Waals surface area contributed by atoms with Gasteiger partial charge >= 0.3 is 0 Å². The lowest BCUT2D eigenvalue weighted by Crippen LogP contribution is -2.25. The van der Waals surface area contributed by atoms with Crippen LogP contribution < -0.4 is 14.4 Å². The van der Waals surface area contributed by atoms with Crippen molar-refractivity contribution in [2.24, 2.45) is 7.05 Å². The van der Waals surface area contributed by atoms with Crippen molar-refractivity contribution >= 4 is 34.1 Å². The highest BCUT2D eigenvalue weighted by Crippen LogP contribution is 2.57. The number of fused-ring (bicyclic) bond motifs is 6. The van der Waals surface area contributed by atoms with Crippen LogP contribution in [0.3, 0.4) is 0 Å². The maximum Gasteiger partial charge on any atom is 0.169 e. The molecule has 1 heterocycles. The average molecular weight is 737 g/mol. The monoisotopic (exact) mass is 736 g/mol. The van der Waals surface area contributed by atoms with Crippen LogP contribution >= 0.6 is 0 Å². The van der Waals surface area contributed by atoms with Gasteiger partial charge in [0.1, 0.15) is 7.05 Å². The van der Waals surface area contributed by atoms with Crippen LogP contribution in [-0.4, -0.2) is 0 Å². The van der Waals surface area contributed by atoms with Gasteiger partial charge in [0.2, 0.25) is 0 Å². The molecule has 2 aliphatic carbocycles. The second-order valence-electron chi connectivity index (χ2n) is 16.6. The quantitative estimate of drug-likeness (QED) is 0.151. The summed E-state index contributed by atoms with van der Waals surface area (Å²) in [6.07, 6.45) is 4.20. The van der Waals surface area contributed by atoms with Crippen molar-refractivity contribution < 1.29 is 4.57 Å². The molecule has 10 rings (SSSR count). The minimum atomic E-state index is -0.185. The molecule has 0 amide bonds. The van der Waals surface area contributed by atoms with Crippen LogP contribution in [0.1, 0.15) is 49.9 Å². The fourth-order valence-electron chi connectivity index (χ4n) is 9.34. The number of rotatable bonds is 7. The van der Waals surface area contributed by atoms with Gasteiger partial charge in [-0.3, -0.25) is 0 Å². The van der Waals surface area contributed by atoms with Gasteiger partial charge in [-0.25, -0.2) is 4.57 Å². The Morgan fingerprint density at radius 1 is 0.333 bits per heavy atom. The van der Waals surface area contributed by atoms with Crippen LogP contribution in [0.15, 0.2) is 188 Å². The normalized spacial score (nSPS) is 14.0. The number of aromatic nitrogens is 1. The Labute approximate surface area is 336 Å². The third-order valence-electron chi connectivity index (χ3n) is 12.4. The number of anilines is 6. The topological polar surface area (TPSA) is 10.4 Å². The number of pyridine rings is 1. The molecule has 0 bridgehead atoms. The molecule has 2 aliphatic rings. The maximum atomic E-state index is 2.51. The summed E-state index contributed by atoms with van der Waals surface area (Å²) in [4.78, 5) is 4.76. The number of para-hydroxylation sites is 3. The average Bonchev–Trinajstić information content (AvgIpc) is 3.60. The molecule has 0 saturated heterocycles. The van der Waals surface area contributed by atoms with E-state index in [4.69, 9.17) is 0 Å². The summed E-state index contributed by atoms with van der Waals surface area (Å²) in [5.74, 6) is 0. The van der Waals surface area contributed by atoms with E-state index in [-0.39, 0.29) is 10.8 Å². The van der Waals surface area contributed by atoms with Gasteiger partial charge in [0.25, 0.3) is 0 Å². The van der Waals surface area contributed by atoms with Crippen LogP contribution in [0, 0.1) is 0 Å². The zero-order valence-corrected chi connectivity index (χ0v) is 33.2. The largest absolute Gasteiger partial charge is 0.310 e. The van der Waals surface area contributed by atoms with E-state index in [1.807, 2.05) is 0 Å². The summed E-state index contributed by atoms with van der Waals surface area (Å²) in [6.45, 7) is 9.59. The number of aryl methyl sites for hydroxylation is 1. The van der Waals surface area contributed by atoms with Gasteiger partial charge in [0.05, 0.1) is 0 Å². The first-order valence-corrected chi connectivity index (χ1v) is 20.0. The van der Waals surface area contributed by atoms with Crippen molar-refractivity contribution in [3.8, 4) is 33.4 Å². The van der Waals surface area contributed by atoms with Crippen molar-refractivity contribution in [3.05, 3.63) is 211 Å². The third-order valence-corrected chi connectivity index (χ3v) is 12.4. The Morgan fingerprint density at radius 2 is 0.667 bits per heavy atom. The summed E-state index contributed by atoms with van der Waals surface area (Å²) in [5.41, 5.74) is 19.8. The molecule has 276 valence electrons. The van der Waals surface area contributed by atoms with Gasteiger partial charge in [-0.05, 0) is 141 Å². The third kappa shape index (κ3) is 5.68. The predicted molar refractivity (Wildman–Crippen MR) is 238 cm³/mol. The first-order valence-electron chi connectivity index (χ1n) is 20.0. The zero-order chi connectivity index (χ0) is 38.9. The maximum absolute atomic E-state index is 2.51. The SMILES string of the molecule is C[n+]1ccc(-c2ccc(N(c3ccccc3)c3ccc4c(c3)C(C)(C)c3cc5c(cc3-4)C(C)(C)c3cc(N(c4ccccc4)c4ccccc4)ccc3-5)cc2)cc1. The fourth-order valence-corrected chi connectivity index (χ4v) is 9.34. The molecule has 8 aromatic rings. The first kappa shape index (κ1) is 34.8. The van der Waals surface area contributed by atoms with Crippen LogP contribution in [0.25, 0.3) is 33.4 Å². The lowest BCUT2D eigenvalue weighted by atomic mass is 9.79. The number of nitrogens with zero attached hydrogens (tertiary/aromatic N) is 3. The van der Waals surface area contributed by atoms with Gasteiger partial charge < -0.3 is 9.80 Å². The molecular formula is C54H46N3+.